The standard InChI is InChI=1S/C10H8FNO5/c11-9-2-1-6(12(14)15)3-8(9)10(13)17-7-4-16-5-7/h1-3,7H,4-5H2. The highest BCUT2D eigenvalue weighted by Gasteiger charge is 2.26. The summed E-state index contributed by atoms with van der Waals surface area (Å²) in [7, 11) is 0. The molecule has 1 aliphatic heterocycles. The van der Waals surface area contributed by atoms with Gasteiger partial charge in [0.25, 0.3) is 5.69 Å². The van der Waals surface area contributed by atoms with Gasteiger partial charge in [-0.25, -0.2) is 9.18 Å². The maximum absolute atomic E-state index is 13.3. The number of nitro groups is 1. The van der Waals surface area contributed by atoms with E-state index in [1.165, 1.54) is 0 Å². The zero-order valence-corrected chi connectivity index (χ0v) is 8.59. The predicted octanol–water partition coefficient (Wildman–Crippen LogP) is 1.29. The van der Waals surface area contributed by atoms with Crippen molar-refractivity contribution in [2.45, 2.75) is 6.10 Å². The minimum Gasteiger partial charge on any atom is -0.454 e. The van der Waals surface area contributed by atoms with Crippen LogP contribution in [0.25, 0.3) is 0 Å². The number of carbonyl (C=O) groups excluding carboxylic acids is 1. The van der Waals surface area contributed by atoms with Gasteiger partial charge in [-0.2, -0.15) is 0 Å². The number of halogens is 1. The molecule has 0 amide bonds. The van der Waals surface area contributed by atoms with E-state index < -0.39 is 28.4 Å². The van der Waals surface area contributed by atoms with Gasteiger partial charge in [-0.1, -0.05) is 0 Å². The summed E-state index contributed by atoms with van der Waals surface area (Å²) in [6, 6.07) is 2.71. The summed E-state index contributed by atoms with van der Waals surface area (Å²) in [5, 5.41) is 10.5. The summed E-state index contributed by atoms with van der Waals surface area (Å²) >= 11 is 0. The molecule has 1 aromatic rings. The van der Waals surface area contributed by atoms with Gasteiger partial charge in [0.1, 0.15) is 17.5 Å². The van der Waals surface area contributed by atoms with Crippen molar-refractivity contribution < 1.29 is 23.6 Å². The molecule has 0 N–H and O–H groups in total. The molecule has 0 unspecified atom stereocenters. The Bertz CT molecular complexity index is 472. The van der Waals surface area contributed by atoms with E-state index in [1.54, 1.807) is 0 Å². The molecule has 0 atom stereocenters. The molecule has 0 spiro atoms. The van der Waals surface area contributed by atoms with Crippen LogP contribution in [-0.2, 0) is 9.47 Å². The Morgan fingerprint density at radius 2 is 2.24 bits per heavy atom. The summed E-state index contributed by atoms with van der Waals surface area (Å²) in [4.78, 5) is 21.3. The summed E-state index contributed by atoms with van der Waals surface area (Å²) in [6.07, 6.45) is -0.402. The molecular formula is C10H8FNO5. The van der Waals surface area contributed by atoms with Crippen LogP contribution < -0.4 is 0 Å². The van der Waals surface area contributed by atoms with E-state index in [0.29, 0.717) is 0 Å². The van der Waals surface area contributed by atoms with Crippen LogP contribution in [0.2, 0.25) is 0 Å². The van der Waals surface area contributed by atoms with Gasteiger partial charge >= 0.3 is 5.97 Å². The SMILES string of the molecule is O=C(OC1COC1)c1cc([N+](=O)[O-])ccc1F. The molecule has 1 aliphatic rings. The normalized spacial score (nSPS) is 15.1. The zero-order chi connectivity index (χ0) is 12.4. The highest BCUT2D eigenvalue weighted by Crippen LogP contribution is 2.19. The van der Waals surface area contributed by atoms with Gasteiger partial charge in [0.05, 0.1) is 18.1 Å². The maximum atomic E-state index is 13.3. The minimum absolute atomic E-state index is 0.266. The molecule has 6 nitrogen and oxygen atoms in total. The molecule has 0 aromatic heterocycles. The number of carbonyl (C=O) groups is 1. The van der Waals surface area contributed by atoms with Crippen molar-refractivity contribution in [3.05, 3.63) is 39.7 Å². The van der Waals surface area contributed by atoms with Crippen molar-refractivity contribution in [1.82, 2.24) is 0 Å². The Kier molecular flexibility index (Phi) is 3.01. The Morgan fingerprint density at radius 1 is 1.53 bits per heavy atom. The maximum Gasteiger partial charge on any atom is 0.341 e. The fraction of sp³-hybridized carbons (Fsp3) is 0.300. The van der Waals surface area contributed by atoms with Gasteiger partial charge in [-0.05, 0) is 6.07 Å². The van der Waals surface area contributed by atoms with Crippen LogP contribution in [0, 0.1) is 15.9 Å². The molecule has 0 bridgehead atoms. The molecule has 1 aromatic carbocycles. The lowest BCUT2D eigenvalue weighted by atomic mass is 10.2. The second-order valence-electron chi connectivity index (χ2n) is 3.49. The Labute approximate surface area is 95.1 Å². The van der Waals surface area contributed by atoms with Crippen LogP contribution >= 0.6 is 0 Å². The third kappa shape index (κ3) is 2.39. The van der Waals surface area contributed by atoms with Crippen molar-refractivity contribution in [2.24, 2.45) is 0 Å². The molecule has 90 valence electrons. The number of esters is 1. The summed E-state index contributed by atoms with van der Waals surface area (Å²) in [6.45, 7) is 0.532. The number of hydrogen-bond donors (Lipinski definition) is 0. The third-order valence-corrected chi connectivity index (χ3v) is 2.26. The largest absolute Gasteiger partial charge is 0.454 e. The Morgan fingerprint density at radius 3 is 2.76 bits per heavy atom. The van der Waals surface area contributed by atoms with Gasteiger partial charge in [0, 0.05) is 12.1 Å². The summed E-state index contributed by atoms with van der Waals surface area (Å²) in [5.74, 6) is -1.76. The second-order valence-corrected chi connectivity index (χ2v) is 3.49. The molecule has 0 saturated carbocycles. The minimum atomic E-state index is -0.917. The van der Waals surface area contributed by atoms with Gasteiger partial charge in [0.2, 0.25) is 0 Å². The van der Waals surface area contributed by atoms with Crippen LogP contribution in [-0.4, -0.2) is 30.2 Å². The van der Waals surface area contributed by atoms with E-state index in [4.69, 9.17) is 9.47 Å². The van der Waals surface area contributed by atoms with Crippen LogP contribution in [0.5, 0.6) is 0 Å². The van der Waals surface area contributed by atoms with E-state index in [0.717, 1.165) is 18.2 Å². The van der Waals surface area contributed by atoms with Crippen molar-refractivity contribution in [3.8, 4) is 0 Å². The predicted molar refractivity (Wildman–Crippen MR) is 53.1 cm³/mol. The third-order valence-electron chi connectivity index (χ3n) is 2.26. The number of ether oxygens (including phenoxy) is 2. The molecule has 0 radical (unpaired) electrons. The first-order valence-corrected chi connectivity index (χ1v) is 4.80. The lowest BCUT2D eigenvalue weighted by molar-refractivity contribution is -0.384. The first-order chi connectivity index (χ1) is 8.08. The quantitative estimate of drug-likeness (QED) is 0.452. The highest BCUT2D eigenvalue weighted by molar-refractivity contribution is 5.90. The fourth-order valence-electron chi connectivity index (χ4n) is 1.28. The number of nitro benzene ring substituents is 1. The van der Waals surface area contributed by atoms with Crippen LogP contribution in [0.15, 0.2) is 18.2 Å². The smallest absolute Gasteiger partial charge is 0.341 e. The highest BCUT2D eigenvalue weighted by atomic mass is 19.1. The first-order valence-electron chi connectivity index (χ1n) is 4.80. The molecule has 7 heteroatoms. The second kappa shape index (κ2) is 4.46. The molecule has 2 rings (SSSR count). The Balaban J connectivity index is 2.20. The zero-order valence-electron chi connectivity index (χ0n) is 8.59. The van der Waals surface area contributed by atoms with Crippen molar-refractivity contribution >= 4 is 11.7 Å². The number of nitrogens with zero attached hydrogens (tertiary/aromatic N) is 1. The number of non-ortho nitro benzene ring substituents is 1. The fourth-order valence-corrected chi connectivity index (χ4v) is 1.28. The van der Waals surface area contributed by atoms with Gasteiger partial charge in [0.15, 0.2) is 0 Å². The van der Waals surface area contributed by atoms with Crippen molar-refractivity contribution in [2.75, 3.05) is 13.2 Å². The lowest BCUT2D eigenvalue weighted by Crippen LogP contribution is -2.37. The Hall–Kier alpha value is -2.02. The van der Waals surface area contributed by atoms with E-state index in [9.17, 15) is 19.3 Å². The van der Waals surface area contributed by atoms with Gasteiger partial charge in [-0.15, -0.1) is 0 Å². The van der Waals surface area contributed by atoms with Crippen LogP contribution in [0.4, 0.5) is 10.1 Å². The monoisotopic (exact) mass is 241 g/mol. The number of benzene rings is 1. The average Bonchev–Trinajstić information content (AvgIpc) is 2.23. The lowest BCUT2D eigenvalue weighted by Gasteiger charge is -2.25. The van der Waals surface area contributed by atoms with Crippen molar-refractivity contribution in [1.29, 1.82) is 0 Å². The van der Waals surface area contributed by atoms with E-state index >= 15 is 0 Å². The molecular weight excluding hydrogens is 233 g/mol. The summed E-state index contributed by atoms with van der Waals surface area (Å²) < 4.78 is 22.9. The van der Waals surface area contributed by atoms with E-state index in [-0.39, 0.29) is 18.9 Å². The molecule has 17 heavy (non-hydrogen) atoms. The van der Waals surface area contributed by atoms with Crippen LogP contribution in [0.1, 0.15) is 10.4 Å². The molecule has 1 saturated heterocycles. The van der Waals surface area contributed by atoms with Crippen LogP contribution in [0.3, 0.4) is 0 Å². The topological polar surface area (TPSA) is 78.7 Å². The average molecular weight is 241 g/mol. The number of rotatable bonds is 3. The number of hydrogen-bond acceptors (Lipinski definition) is 5. The van der Waals surface area contributed by atoms with E-state index in [1.807, 2.05) is 0 Å². The van der Waals surface area contributed by atoms with E-state index in [2.05, 4.69) is 0 Å². The molecule has 1 fully saturated rings. The van der Waals surface area contributed by atoms with Crippen molar-refractivity contribution in [3.63, 3.8) is 0 Å². The van der Waals surface area contributed by atoms with Gasteiger partial charge in [-0.3, -0.25) is 10.1 Å². The first kappa shape index (κ1) is 11.5. The van der Waals surface area contributed by atoms with Gasteiger partial charge < -0.3 is 9.47 Å². The molecule has 0 aliphatic carbocycles. The summed E-state index contributed by atoms with van der Waals surface area (Å²) in [5.41, 5.74) is -0.797. The molecule has 1 heterocycles.